The second kappa shape index (κ2) is 10.4. The summed E-state index contributed by atoms with van der Waals surface area (Å²) in [5, 5.41) is 9.55. The van der Waals surface area contributed by atoms with Gasteiger partial charge in [0.05, 0.1) is 28.7 Å². The number of fused-ring (bicyclic) bond motifs is 1. The van der Waals surface area contributed by atoms with Gasteiger partial charge < -0.3 is 15.4 Å². The Morgan fingerprint density at radius 2 is 1.65 bits per heavy atom. The van der Waals surface area contributed by atoms with Gasteiger partial charge in [0.1, 0.15) is 15.6 Å². The van der Waals surface area contributed by atoms with Crippen molar-refractivity contribution in [3.05, 3.63) is 82.9 Å². The van der Waals surface area contributed by atoms with E-state index in [4.69, 9.17) is 9.72 Å². The molecule has 10 heteroatoms. The molecule has 0 bridgehead atoms. The van der Waals surface area contributed by atoms with Crippen LogP contribution in [0.5, 0.6) is 5.75 Å². The predicted molar refractivity (Wildman–Crippen MR) is 150 cm³/mol. The van der Waals surface area contributed by atoms with E-state index < -0.39 is 6.03 Å². The molecule has 8 nitrogen and oxygen atoms in total. The third kappa shape index (κ3) is 5.45. The van der Waals surface area contributed by atoms with Crippen LogP contribution in [-0.2, 0) is 0 Å². The number of nitrogens with zero attached hydrogens (tertiary/aromatic N) is 2. The summed E-state index contributed by atoms with van der Waals surface area (Å²) in [7, 11) is 1.53. The van der Waals surface area contributed by atoms with Gasteiger partial charge in [0.2, 0.25) is 0 Å². The third-order valence-corrected chi connectivity index (χ3v) is 7.65. The minimum absolute atomic E-state index is 0.295. The van der Waals surface area contributed by atoms with E-state index in [0.29, 0.717) is 32.8 Å². The van der Waals surface area contributed by atoms with Crippen molar-refractivity contribution in [2.45, 2.75) is 13.8 Å². The van der Waals surface area contributed by atoms with Crippen molar-refractivity contribution in [2.24, 2.45) is 0 Å². The molecule has 0 fully saturated rings. The molecule has 2 aromatic heterocycles. The molecule has 0 radical (unpaired) electrons. The second-order valence-corrected chi connectivity index (χ2v) is 10.3. The van der Waals surface area contributed by atoms with E-state index in [9.17, 15) is 9.59 Å². The average Bonchev–Trinajstić information content (AvgIpc) is 3.47. The summed E-state index contributed by atoms with van der Waals surface area (Å²) in [5.74, 6) is 0.244. The van der Waals surface area contributed by atoms with Gasteiger partial charge in [-0.05, 0) is 67.9 Å². The molecular weight excluding hydrogens is 506 g/mol. The number of benzene rings is 3. The van der Waals surface area contributed by atoms with Crippen molar-refractivity contribution in [3.8, 4) is 16.3 Å². The minimum Gasteiger partial charge on any atom is -0.495 e. The molecule has 0 aliphatic heterocycles. The van der Waals surface area contributed by atoms with Crippen molar-refractivity contribution in [2.75, 3.05) is 23.1 Å². The van der Waals surface area contributed by atoms with Crippen LogP contribution in [0.1, 0.15) is 20.9 Å². The van der Waals surface area contributed by atoms with Crippen LogP contribution in [0.2, 0.25) is 0 Å². The zero-order chi connectivity index (χ0) is 25.9. The summed E-state index contributed by atoms with van der Waals surface area (Å²) in [6.45, 7) is 3.80. The van der Waals surface area contributed by atoms with Crippen molar-refractivity contribution < 1.29 is 14.3 Å². The maximum Gasteiger partial charge on any atom is 0.325 e. The van der Waals surface area contributed by atoms with Gasteiger partial charge >= 0.3 is 6.03 Å². The lowest BCUT2D eigenvalue weighted by atomic mass is 10.2. The molecule has 0 unspecified atom stereocenters. The van der Waals surface area contributed by atoms with Gasteiger partial charge in [-0.2, -0.15) is 0 Å². The molecule has 3 amide bonds. The Hall–Kier alpha value is -4.28. The molecule has 0 saturated heterocycles. The van der Waals surface area contributed by atoms with Crippen molar-refractivity contribution in [1.29, 1.82) is 0 Å². The van der Waals surface area contributed by atoms with Crippen LogP contribution >= 0.6 is 22.7 Å². The third-order valence-electron chi connectivity index (χ3n) is 5.51. The van der Waals surface area contributed by atoms with Crippen LogP contribution in [0.15, 0.2) is 66.7 Å². The Balaban J connectivity index is 1.24. The molecule has 3 N–H and O–H groups in total. The molecule has 5 aromatic rings. The highest BCUT2D eigenvalue weighted by Gasteiger charge is 2.18. The molecule has 37 heavy (non-hydrogen) atoms. The zero-order valence-corrected chi connectivity index (χ0v) is 21.9. The minimum atomic E-state index is -0.481. The smallest absolute Gasteiger partial charge is 0.325 e. The lowest BCUT2D eigenvalue weighted by Crippen LogP contribution is -2.19. The summed E-state index contributed by atoms with van der Waals surface area (Å²) >= 11 is 2.75. The molecule has 0 atom stereocenters. The fraction of sp³-hybridized carbons (Fsp3) is 0.111. The summed E-state index contributed by atoms with van der Waals surface area (Å²) < 4.78 is 6.39. The number of anilines is 3. The van der Waals surface area contributed by atoms with Gasteiger partial charge in [-0.25, -0.2) is 14.8 Å². The lowest BCUT2D eigenvalue weighted by molar-refractivity contribution is 0.102. The molecule has 186 valence electrons. The number of methoxy groups -OCH3 is 1. The van der Waals surface area contributed by atoms with Crippen LogP contribution in [0.25, 0.3) is 20.8 Å². The van der Waals surface area contributed by atoms with E-state index in [1.165, 1.54) is 12.7 Å². The molecule has 5 rings (SSSR count). The highest BCUT2D eigenvalue weighted by atomic mass is 32.1. The molecule has 0 aliphatic carbocycles. The van der Waals surface area contributed by atoms with E-state index in [-0.39, 0.29) is 5.91 Å². The largest absolute Gasteiger partial charge is 0.495 e. The molecule has 0 spiro atoms. The van der Waals surface area contributed by atoms with E-state index >= 15 is 0 Å². The average molecular weight is 530 g/mol. The summed E-state index contributed by atoms with van der Waals surface area (Å²) in [5.41, 5.74) is 4.87. The second-order valence-electron chi connectivity index (χ2n) is 8.23. The van der Waals surface area contributed by atoms with Crippen LogP contribution in [-0.4, -0.2) is 29.0 Å². The number of aromatic nitrogens is 2. The molecule has 3 aromatic carbocycles. The van der Waals surface area contributed by atoms with E-state index in [1.807, 2.05) is 36.4 Å². The number of para-hydroxylation sites is 2. The topological polar surface area (TPSA) is 105 Å². The standard InChI is InChI=1S/C27H23N5O3S2/c1-15-8-13-20-22(14-15)36-25(30-20)17-9-11-18(12-10-17)29-24(33)23-16(2)28-27(37-23)32-26(34)31-19-6-4-5-7-21(19)35-3/h4-14H,1-3H3,(H,29,33)(H2,28,31,32,34). The number of urea groups is 1. The van der Waals surface area contributed by atoms with Crippen LogP contribution in [0, 0.1) is 13.8 Å². The van der Waals surface area contributed by atoms with Crippen LogP contribution in [0.3, 0.4) is 0 Å². The Labute approximate surface area is 221 Å². The first kappa shape index (κ1) is 24.4. The Morgan fingerprint density at radius 1 is 0.865 bits per heavy atom. The van der Waals surface area contributed by atoms with E-state index in [1.54, 1.807) is 36.5 Å². The molecule has 0 aliphatic rings. The maximum atomic E-state index is 12.9. The maximum absolute atomic E-state index is 12.9. The number of amides is 3. The number of ether oxygens (including phenoxy) is 1. The molecular formula is C27H23N5O3S2. The Morgan fingerprint density at radius 3 is 2.43 bits per heavy atom. The van der Waals surface area contributed by atoms with Gasteiger partial charge in [0.25, 0.3) is 5.91 Å². The number of carbonyl (C=O) groups is 2. The lowest BCUT2D eigenvalue weighted by Gasteiger charge is -2.09. The number of rotatable bonds is 6. The fourth-order valence-corrected chi connectivity index (χ4v) is 5.62. The van der Waals surface area contributed by atoms with Crippen molar-refractivity contribution >= 4 is 61.3 Å². The first-order valence-electron chi connectivity index (χ1n) is 11.4. The Bertz CT molecular complexity index is 1610. The number of hydrogen-bond donors (Lipinski definition) is 3. The fourth-order valence-electron chi connectivity index (χ4n) is 3.70. The SMILES string of the molecule is COc1ccccc1NC(=O)Nc1nc(C)c(C(=O)Nc2ccc(-c3nc4ccc(C)cc4s3)cc2)s1. The number of aryl methyl sites for hydroxylation is 2. The highest BCUT2D eigenvalue weighted by molar-refractivity contribution is 7.21. The van der Waals surface area contributed by atoms with Gasteiger partial charge in [0.15, 0.2) is 5.13 Å². The normalized spacial score (nSPS) is 10.8. The molecule has 2 heterocycles. The van der Waals surface area contributed by atoms with E-state index in [2.05, 4.69) is 40.0 Å². The summed E-state index contributed by atoms with van der Waals surface area (Å²) in [6, 6.07) is 20.4. The Kier molecular flexibility index (Phi) is 6.85. The van der Waals surface area contributed by atoms with Crippen LogP contribution in [0.4, 0.5) is 21.3 Å². The predicted octanol–water partition coefficient (Wildman–Crippen LogP) is 6.94. The number of thiazole rings is 2. The van der Waals surface area contributed by atoms with Crippen molar-refractivity contribution in [3.63, 3.8) is 0 Å². The number of nitrogens with one attached hydrogen (secondary N) is 3. The highest BCUT2D eigenvalue weighted by Crippen LogP contribution is 2.32. The van der Waals surface area contributed by atoms with Crippen LogP contribution < -0.4 is 20.7 Å². The van der Waals surface area contributed by atoms with Gasteiger partial charge in [-0.1, -0.05) is 29.5 Å². The first-order valence-corrected chi connectivity index (χ1v) is 13.0. The number of carbonyl (C=O) groups excluding carboxylic acids is 2. The summed E-state index contributed by atoms with van der Waals surface area (Å²) in [6.07, 6.45) is 0. The number of hydrogen-bond acceptors (Lipinski definition) is 7. The van der Waals surface area contributed by atoms with Crippen molar-refractivity contribution in [1.82, 2.24) is 9.97 Å². The van der Waals surface area contributed by atoms with E-state index in [0.717, 1.165) is 32.1 Å². The van der Waals surface area contributed by atoms with Gasteiger partial charge in [-0.15, -0.1) is 11.3 Å². The quantitative estimate of drug-likeness (QED) is 0.221. The van der Waals surface area contributed by atoms with Gasteiger partial charge in [0, 0.05) is 11.3 Å². The monoisotopic (exact) mass is 529 g/mol. The zero-order valence-electron chi connectivity index (χ0n) is 20.3. The first-order chi connectivity index (χ1) is 17.9. The molecule has 0 saturated carbocycles. The summed E-state index contributed by atoms with van der Waals surface area (Å²) in [4.78, 5) is 34.8. The van der Waals surface area contributed by atoms with Gasteiger partial charge in [-0.3, -0.25) is 10.1 Å².